The highest BCUT2D eigenvalue weighted by molar-refractivity contribution is 4.97. The van der Waals surface area contributed by atoms with Crippen molar-refractivity contribution in [3.05, 3.63) is 0 Å². The molecule has 2 bridgehead atoms. The minimum atomic E-state index is -4.50. The molecule has 1 N–H and O–H groups in total. The van der Waals surface area contributed by atoms with E-state index >= 15 is 0 Å². The summed E-state index contributed by atoms with van der Waals surface area (Å²) in [5, 5.41) is 9.48. The van der Waals surface area contributed by atoms with Crippen molar-refractivity contribution >= 4 is 0 Å². The SMILES string of the molecule is C[C@@H]1CC2CC1CC2CC(C)(O)C(F)(F)F. The van der Waals surface area contributed by atoms with Crippen LogP contribution in [0.5, 0.6) is 0 Å². The summed E-state index contributed by atoms with van der Waals surface area (Å²) in [6, 6.07) is 0. The zero-order valence-electron chi connectivity index (χ0n) is 9.72. The van der Waals surface area contributed by atoms with Gasteiger partial charge in [-0.25, -0.2) is 0 Å². The van der Waals surface area contributed by atoms with E-state index in [1.807, 2.05) is 0 Å². The Morgan fingerprint density at radius 3 is 2.12 bits per heavy atom. The van der Waals surface area contributed by atoms with Crippen LogP contribution in [0.3, 0.4) is 0 Å². The fourth-order valence-electron chi connectivity index (χ4n) is 3.56. The molecule has 1 nitrogen and oxygen atoms in total. The minimum Gasteiger partial charge on any atom is -0.381 e. The Bertz CT molecular complexity index is 270. The molecule has 0 aromatic rings. The molecule has 0 aliphatic heterocycles. The fraction of sp³-hybridized carbons (Fsp3) is 1.00. The molecule has 16 heavy (non-hydrogen) atoms. The lowest BCUT2D eigenvalue weighted by atomic mass is 9.77. The van der Waals surface area contributed by atoms with Crippen LogP contribution in [0.25, 0.3) is 0 Å². The summed E-state index contributed by atoms with van der Waals surface area (Å²) in [4.78, 5) is 0. The summed E-state index contributed by atoms with van der Waals surface area (Å²) in [5.41, 5.74) is -2.51. The average molecular weight is 236 g/mol. The molecule has 2 aliphatic rings. The molecule has 2 saturated carbocycles. The van der Waals surface area contributed by atoms with Gasteiger partial charge in [-0.3, -0.25) is 0 Å². The maximum Gasteiger partial charge on any atom is 0.416 e. The minimum absolute atomic E-state index is 0.0674. The standard InChI is InChI=1S/C12H19F3O/c1-7-3-9-4-8(7)5-10(9)6-11(2,16)12(13,14)15/h7-10,16H,3-6H2,1-2H3/t7-,8?,9?,10?,11?/m1/s1. The molecule has 0 spiro atoms. The second-order valence-electron chi connectivity index (χ2n) is 5.94. The second kappa shape index (κ2) is 3.62. The largest absolute Gasteiger partial charge is 0.416 e. The zero-order valence-corrected chi connectivity index (χ0v) is 9.72. The van der Waals surface area contributed by atoms with Gasteiger partial charge in [0.2, 0.25) is 0 Å². The Labute approximate surface area is 94.0 Å². The highest BCUT2D eigenvalue weighted by Crippen LogP contribution is 2.54. The molecular formula is C12H19F3O. The first kappa shape index (κ1) is 12.2. The molecule has 0 aromatic heterocycles. The number of fused-ring (bicyclic) bond motifs is 2. The molecule has 4 heteroatoms. The van der Waals surface area contributed by atoms with Crippen LogP contribution in [-0.2, 0) is 0 Å². The van der Waals surface area contributed by atoms with E-state index in [9.17, 15) is 18.3 Å². The lowest BCUT2D eigenvalue weighted by Crippen LogP contribution is -2.44. The van der Waals surface area contributed by atoms with Gasteiger partial charge in [-0.1, -0.05) is 6.92 Å². The number of hydrogen-bond acceptors (Lipinski definition) is 1. The topological polar surface area (TPSA) is 20.2 Å². The van der Waals surface area contributed by atoms with Crippen LogP contribution in [0.4, 0.5) is 13.2 Å². The van der Waals surface area contributed by atoms with Crippen LogP contribution in [0.2, 0.25) is 0 Å². The first-order valence-corrected chi connectivity index (χ1v) is 6.00. The normalized spacial score (nSPS) is 42.4. The quantitative estimate of drug-likeness (QED) is 0.779. The molecule has 0 heterocycles. The van der Waals surface area contributed by atoms with Crippen LogP contribution in [0, 0.1) is 23.7 Å². The van der Waals surface area contributed by atoms with Gasteiger partial charge in [0.25, 0.3) is 0 Å². The van der Waals surface area contributed by atoms with E-state index in [4.69, 9.17) is 0 Å². The summed E-state index contributed by atoms with van der Waals surface area (Å²) < 4.78 is 37.7. The van der Waals surface area contributed by atoms with E-state index in [0.717, 1.165) is 26.2 Å². The van der Waals surface area contributed by atoms with Crippen molar-refractivity contribution in [3.8, 4) is 0 Å². The van der Waals surface area contributed by atoms with Gasteiger partial charge in [0, 0.05) is 0 Å². The van der Waals surface area contributed by atoms with Crippen molar-refractivity contribution in [2.45, 2.75) is 51.3 Å². The second-order valence-corrected chi connectivity index (χ2v) is 5.94. The van der Waals surface area contributed by atoms with Gasteiger partial charge < -0.3 is 5.11 Å². The third-order valence-electron chi connectivity index (χ3n) is 4.63. The maximum atomic E-state index is 12.6. The van der Waals surface area contributed by atoms with E-state index in [2.05, 4.69) is 6.92 Å². The fourth-order valence-corrected chi connectivity index (χ4v) is 3.56. The van der Waals surface area contributed by atoms with Crippen molar-refractivity contribution in [2.24, 2.45) is 23.7 Å². The van der Waals surface area contributed by atoms with E-state index in [0.29, 0.717) is 17.8 Å². The Morgan fingerprint density at radius 1 is 1.12 bits per heavy atom. The molecule has 5 atom stereocenters. The average Bonchev–Trinajstić information content (AvgIpc) is 2.59. The van der Waals surface area contributed by atoms with Crippen LogP contribution in [0.15, 0.2) is 0 Å². The van der Waals surface area contributed by atoms with Gasteiger partial charge in [0.15, 0.2) is 5.60 Å². The first-order valence-electron chi connectivity index (χ1n) is 6.00. The van der Waals surface area contributed by atoms with Gasteiger partial charge in [0.05, 0.1) is 0 Å². The molecule has 0 aromatic carbocycles. The third kappa shape index (κ3) is 1.96. The molecule has 2 fully saturated rings. The molecule has 0 amide bonds. The van der Waals surface area contributed by atoms with Crippen LogP contribution in [0.1, 0.15) is 39.5 Å². The Hall–Kier alpha value is -0.250. The summed E-state index contributed by atoms with van der Waals surface area (Å²) in [7, 11) is 0. The molecular weight excluding hydrogens is 217 g/mol. The summed E-state index contributed by atoms with van der Waals surface area (Å²) in [6.45, 7) is 3.09. The Morgan fingerprint density at radius 2 is 1.75 bits per heavy atom. The van der Waals surface area contributed by atoms with Crippen LogP contribution in [-0.4, -0.2) is 16.9 Å². The van der Waals surface area contributed by atoms with Crippen molar-refractivity contribution in [1.29, 1.82) is 0 Å². The Balaban J connectivity index is 1.98. The van der Waals surface area contributed by atoms with Crippen molar-refractivity contribution in [2.75, 3.05) is 0 Å². The summed E-state index contributed by atoms with van der Waals surface area (Å²) in [6.07, 6.45) is -1.63. The van der Waals surface area contributed by atoms with Crippen LogP contribution >= 0.6 is 0 Å². The molecule has 0 radical (unpaired) electrons. The highest BCUT2D eigenvalue weighted by Gasteiger charge is 2.54. The van der Waals surface area contributed by atoms with Gasteiger partial charge in [-0.05, 0) is 56.3 Å². The van der Waals surface area contributed by atoms with Gasteiger partial charge in [-0.2, -0.15) is 13.2 Å². The number of aliphatic hydroxyl groups is 1. The maximum absolute atomic E-state index is 12.6. The lowest BCUT2D eigenvalue weighted by molar-refractivity contribution is -0.259. The monoisotopic (exact) mass is 236 g/mol. The van der Waals surface area contributed by atoms with Crippen LogP contribution < -0.4 is 0 Å². The van der Waals surface area contributed by atoms with E-state index in [-0.39, 0.29) is 12.3 Å². The van der Waals surface area contributed by atoms with E-state index < -0.39 is 11.8 Å². The number of halogens is 3. The molecule has 2 rings (SSSR count). The zero-order chi connectivity index (χ0) is 12.1. The molecule has 2 aliphatic carbocycles. The number of rotatable bonds is 2. The molecule has 0 saturated heterocycles. The highest BCUT2D eigenvalue weighted by atomic mass is 19.4. The van der Waals surface area contributed by atoms with E-state index in [1.165, 1.54) is 0 Å². The van der Waals surface area contributed by atoms with E-state index in [1.54, 1.807) is 0 Å². The lowest BCUT2D eigenvalue weighted by Gasteiger charge is -2.33. The molecule has 4 unspecified atom stereocenters. The van der Waals surface area contributed by atoms with Gasteiger partial charge >= 0.3 is 6.18 Å². The summed E-state index contributed by atoms with van der Waals surface area (Å²) >= 11 is 0. The predicted octanol–water partition coefficient (Wildman–Crippen LogP) is 3.37. The Kier molecular flexibility index (Phi) is 2.76. The van der Waals surface area contributed by atoms with Crippen molar-refractivity contribution in [1.82, 2.24) is 0 Å². The third-order valence-corrected chi connectivity index (χ3v) is 4.63. The first-order chi connectivity index (χ1) is 7.21. The number of alkyl halides is 3. The smallest absolute Gasteiger partial charge is 0.381 e. The van der Waals surface area contributed by atoms with Gasteiger partial charge in [-0.15, -0.1) is 0 Å². The summed E-state index contributed by atoms with van der Waals surface area (Å²) in [5.74, 6) is 1.74. The number of hydrogen-bond donors (Lipinski definition) is 1. The van der Waals surface area contributed by atoms with Crippen molar-refractivity contribution in [3.63, 3.8) is 0 Å². The van der Waals surface area contributed by atoms with Crippen molar-refractivity contribution < 1.29 is 18.3 Å². The molecule has 94 valence electrons. The predicted molar refractivity (Wildman–Crippen MR) is 54.8 cm³/mol. The van der Waals surface area contributed by atoms with Gasteiger partial charge in [0.1, 0.15) is 0 Å².